The van der Waals surface area contributed by atoms with Gasteiger partial charge in [-0.05, 0) is 38.0 Å². The van der Waals surface area contributed by atoms with E-state index in [1.807, 2.05) is 20.8 Å². The van der Waals surface area contributed by atoms with E-state index in [2.05, 4.69) is 5.10 Å². The smallest absolute Gasteiger partial charge is 0.338 e. The fraction of sp³-hybridized carbons (Fsp3) is 0.286. The zero-order valence-corrected chi connectivity index (χ0v) is 11.1. The number of nitrogens with zero attached hydrogens (tertiary/aromatic N) is 2. The number of para-hydroxylation sites is 1. The summed E-state index contributed by atoms with van der Waals surface area (Å²) in [7, 11) is 0. The molecule has 0 radical (unpaired) electrons. The van der Waals surface area contributed by atoms with E-state index < -0.39 is 11.8 Å². The predicted octanol–water partition coefficient (Wildman–Crippen LogP) is 2.89. The van der Waals surface area contributed by atoms with E-state index in [1.165, 1.54) is 22.9 Å². The summed E-state index contributed by atoms with van der Waals surface area (Å²) in [6.07, 6.45) is 0.772. The monoisotopic (exact) mass is 262 g/mol. The lowest BCUT2D eigenvalue weighted by atomic mass is 10.1. The van der Waals surface area contributed by atoms with Crippen molar-refractivity contribution in [1.29, 1.82) is 0 Å². The highest BCUT2D eigenvalue weighted by Gasteiger charge is 2.20. The van der Waals surface area contributed by atoms with Gasteiger partial charge in [0.1, 0.15) is 11.5 Å². The van der Waals surface area contributed by atoms with Crippen LogP contribution in [0, 0.1) is 19.7 Å². The van der Waals surface area contributed by atoms with Crippen molar-refractivity contribution >= 4 is 5.97 Å². The van der Waals surface area contributed by atoms with Crippen molar-refractivity contribution < 1.29 is 14.3 Å². The molecule has 1 N–H and O–H groups in total. The average Bonchev–Trinajstić information content (AvgIpc) is 2.63. The Bertz CT molecular complexity index is 647. The molecule has 0 spiro atoms. The van der Waals surface area contributed by atoms with Gasteiger partial charge in [0, 0.05) is 5.69 Å². The highest BCUT2D eigenvalue weighted by atomic mass is 19.1. The summed E-state index contributed by atoms with van der Waals surface area (Å²) >= 11 is 0. The topological polar surface area (TPSA) is 55.1 Å². The van der Waals surface area contributed by atoms with Crippen molar-refractivity contribution in [1.82, 2.24) is 9.78 Å². The Kier molecular flexibility index (Phi) is 3.38. The molecule has 0 aliphatic carbocycles. The van der Waals surface area contributed by atoms with Crippen LogP contribution >= 0.6 is 0 Å². The van der Waals surface area contributed by atoms with Gasteiger partial charge in [-0.3, -0.25) is 0 Å². The number of carbonyl (C=O) groups is 1. The second-order valence-electron chi connectivity index (χ2n) is 4.36. The molecule has 1 aromatic carbocycles. The first-order valence-corrected chi connectivity index (χ1v) is 6.04. The molecule has 0 unspecified atom stereocenters. The lowest BCUT2D eigenvalue weighted by Crippen LogP contribution is -2.10. The third-order valence-electron chi connectivity index (χ3n) is 3.22. The number of hydrogen-bond donors (Lipinski definition) is 1. The van der Waals surface area contributed by atoms with Gasteiger partial charge >= 0.3 is 5.97 Å². The largest absolute Gasteiger partial charge is 0.478 e. The van der Waals surface area contributed by atoms with E-state index in [0.717, 1.165) is 23.4 Å². The molecule has 0 bridgehead atoms. The first kappa shape index (κ1) is 13.3. The lowest BCUT2D eigenvalue weighted by Gasteiger charge is -2.09. The van der Waals surface area contributed by atoms with Gasteiger partial charge in [0.15, 0.2) is 0 Å². The lowest BCUT2D eigenvalue weighted by molar-refractivity contribution is 0.0696. The molecular formula is C14H15FN2O2. The first-order chi connectivity index (χ1) is 8.97. The van der Waals surface area contributed by atoms with Crippen molar-refractivity contribution in [2.45, 2.75) is 27.2 Å². The molecule has 0 amide bonds. The van der Waals surface area contributed by atoms with Gasteiger partial charge in [0.2, 0.25) is 0 Å². The van der Waals surface area contributed by atoms with Gasteiger partial charge in [-0.1, -0.05) is 13.0 Å². The minimum atomic E-state index is -1.17. The van der Waals surface area contributed by atoms with Gasteiger partial charge < -0.3 is 5.11 Å². The fourth-order valence-corrected chi connectivity index (χ4v) is 2.31. The molecule has 100 valence electrons. The van der Waals surface area contributed by atoms with Gasteiger partial charge in [0.05, 0.1) is 11.3 Å². The summed E-state index contributed by atoms with van der Waals surface area (Å²) in [5.74, 6) is -1.76. The molecule has 1 heterocycles. The second-order valence-corrected chi connectivity index (χ2v) is 4.36. The predicted molar refractivity (Wildman–Crippen MR) is 69.3 cm³/mol. The number of carboxylic acid groups (broad SMARTS) is 1. The first-order valence-electron chi connectivity index (χ1n) is 6.04. The Morgan fingerprint density at radius 2 is 2.11 bits per heavy atom. The average molecular weight is 262 g/mol. The number of aryl methyl sites for hydroxylation is 1. The summed E-state index contributed by atoms with van der Waals surface area (Å²) in [4.78, 5) is 11.2. The molecule has 0 saturated carbocycles. The van der Waals surface area contributed by atoms with Crippen molar-refractivity contribution in [2.75, 3.05) is 0 Å². The van der Waals surface area contributed by atoms with Crippen LogP contribution in [-0.4, -0.2) is 20.9 Å². The highest BCUT2D eigenvalue weighted by Crippen LogP contribution is 2.23. The van der Waals surface area contributed by atoms with Gasteiger partial charge in [-0.25, -0.2) is 13.9 Å². The number of halogens is 1. The SMILES string of the molecule is CCc1c(C)nn(-c2c(F)cccc2C(=O)O)c1C. The number of rotatable bonds is 3. The van der Waals surface area contributed by atoms with Crippen LogP contribution in [-0.2, 0) is 6.42 Å². The van der Waals surface area contributed by atoms with Gasteiger partial charge in [-0.15, -0.1) is 0 Å². The maximum Gasteiger partial charge on any atom is 0.338 e. The minimum absolute atomic E-state index is 0.00435. The zero-order valence-electron chi connectivity index (χ0n) is 11.1. The molecule has 19 heavy (non-hydrogen) atoms. The van der Waals surface area contributed by atoms with E-state index >= 15 is 0 Å². The van der Waals surface area contributed by atoms with Crippen LogP contribution in [0.2, 0.25) is 0 Å². The number of aromatic carboxylic acids is 1. The normalized spacial score (nSPS) is 10.7. The summed E-state index contributed by atoms with van der Waals surface area (Å²) in [5.41, 5.74) is 2.48. The number of aromatic nitrogens is 2. The number of carboxylic acids is 1. The third kappa shape index (κ3) is 2.12. The van der Waals surface area contributed by atoms with Crippen LogP contribution in [0.5, 0.6) is 0 Å². The Morgan fingerprint density at radius 3 is 2.63 bits per heavy atom. The van der Waals surface area contributed by atoms with Crippen LogP contribution in [0.25, 0.3) is 5.69 Å². The molecule has 0 saturated heterocycles. The van der Waals surface area contributed by atoms with Crippen molar-refractivity contribution in [3.05, 3.63) is 46.5 Å². The van der Waals surface area contributed by atoms with Crippen LogP contribution in [0.15, 0.2) is 18.2 Å². The van der Waals surface area contributed by atoms with E-state index in [9.17, 15) is 9.18 Å². The molecular weight excluding hydrogens is 247 g/mol. The quantitative estimate of drug-likeness (QED) is 0.925. The highest BCUT2D eigenvalue weighted by molar-refractivity contribution is 5.92. The molecule has 1 aromatic heterocycles. The molecule has 4 nitrogen and oxygen atoms in total. The van der Waals surface area contributed by atoms with Gasteiger partial charge in [0.25, 0.3) is 0 Å². The maximum atomic E-state index is 14.0. The Balaban J connectivity index is 2.75. The van der Waals surface area contributed by atoms with Crippen LogP contribution in [0.3, 0.4) is 0 Å². The summed E-state index contributed by atoms with van der Waals surface area (Å²) < 4.78 is 15.4. The Morgan fingerprint density at radius 1 is 1.42 bits per heavy atom. The summed E-state index contributed by atoms with van der Waals surface area (Å²) in [5, 5.41) is 13.4. The minimum Gasteiger partial charge on any atom is -0.478 e. The molecule has 5 heteroatoms. The summed E-state index contributed by atoms with van der Waals surface area (Å²) in [6.45, 7) is 5.64. The fourth-order valence-electron chi connectivity index (χ4n) is 2.31. The van der Waals surface area contributed by atoms with Crippen molar-refractivity contribution in [3.8, 4) is 5.69 Å². The number of benzene rings is 1. The molecule has 2 aromatic rings. The summed E-state index contributed by atoms with van der Waals surface area (Å²) in [6, 6.07) is 4.00. The second kappa shape index (κ2) is 4.84. The van der Waals surface area contributed by atoms with Crippen LogP contribution in [0.4, 0.5) is 4.39 Å². The van der Waals surface area contributed by atoms with Crippen molar-refractivity contribution in [2.24, 2.45) is 0 Å². The Labute approximate surface area is 110 Å². The molecule has 0 aliphatic heterocycles. The van der Waals surface area contributed by atoms with Crippen LogP contribution < -0.4 is 0 Å². The number of hydrogen-bond acceptors (Lipinski definition) is 2. The zero-order chi connectivity index (χ0) is 14.2. The third-order valence-corrected chi connectivity index (χ3v) is 3.22. The molecule has 0 fully saturated rings. The standard InChI is InChI=1S/C14H15FN2O2/c1-4-10-8(2)16-17(9(10)3)13-11(14(18)19)6-5-7-12(13)15/h5-7H,4H2,1-3H3,(H,18,19). The van der Waals surface area contributed by atoms with E-state index in [4.69, 9.17) is 5.11 Å². The Hall–Kier alpha value is -2.17. The van der Waals surface area contributed by atoms with Crippen molar-refractivity contribution in [3.63, 3.8) is 0 Å². The van der Waals surface area contributed by atoms with Gasteiger partial charge in [-0.2, -0.15) is 5.10 Å². The molecule has 2 rings (SSSR count). The van der Waals surface area contributed by atoms with E-state index in [0.29, 0.717) is 0 Å². The van der Waals surface area contributed by atoms with Crippen LogP contribution in [0.1, 0.15) is 34.2 Å². The van der Waals surface area contributed by atoms with E-state index in [-0.39, 0.29) is 11.3 Å². The molecule has 0 aliphatic rings. The van der Waals surface area contributed by atoms with E-state index in [1.54, 1.807) is 0 Å². The maximum absolute atomic E-state index is 14.0. The molecule has 0 atom stereocenters.